The molecule has 4 nitrogen and oxygen atoms in total. The van der Waals surface area contributed by atoms with Crippen LogP contribution in [0.1, 0.15) is 17.3 Å². The van der Waals surface area contributed by atoms with Gasteiger partial charge in [0.05, 0.1) is 16.8 Å². The van der Waals surface area contributed by atoms with Gasteiger partial charge in [0.15, 0.2) is 0 Å². The number of likely N-dealkylation sites (N-methyl/N-ethyl adjacent to an activating group) is 1. The highest BCUT2D eigenvalue weighted by Crippen LogP contribution is 2.20. The smallest absolute Gasteiger partial charge is 0.253 e. The van der Waals surface area contributed by atoms with Crippen LogP contribution < -0.4 is 5.73 Å². The molecule has 1 aromatic rings. The van der Waals surface area contributed by atoms with E-state index in [1.54, 1.807) is 26.1 Å². The maximum atomic E-state index is 11.9. The Morgan fingerprint density at radius 3 is 2.75 bits per heavy atom. The summed E-state index contributed by atoms with van der Waals surface area (Å²) in [6.45, 7) is 1.90. The Labute approximate surface area is 99.6 Å². The summed E-state index contributed by atoms with van der Waals surface area (Å²) >= 11 is 5.76. The number of carbonyl (C=O) groups excluding carboxylic acids is 1. The second-order valence-corrected chi connectivity index (χ2v) is 4.18. The second kappa shape index (κ2) is 5.18. The SMILES string of the molecule is CC(O)CN(C)C(=O)c1ccc(Cl)c(N)c1. The molecule has 1 amide bonds. The number of anilines is 1. The first-order chi connectivity index (χ1) is 7.41. The average Bonchev–Trinajstić information content (AvgIpc) is 2.20. The van der Waals surface area contributed by atoms with E-state index in [1.165, 1.54) is 11.0 Å². The van der Waals surface area contributed by atoms with Crippen LogP contribution in [0.5, 0.6) is 0 Å². The third kappa shape index (κ3) is 3.12. The van der Waals surface area contributed by atoms with Gasteiger partial charge in [0.25, 0.3) is 5.91 Å². The van der Waals surface area contributed by atoms with Crippen LogP contribution in [0.2, 0.25) is 5.02 Å². The maximum Gasteiger partial charge on any atom is 0.253 e. The lowest BCUT2D eigenvalue weighted by Gasteiger charge is -2.19. The first kappa shape index (κ1) is 12.8. The lowest BCUT2D eigenvalue weighted by Crippen LogP contribution is -2.33. The molecule has 1 rings (SSSR count). The molecular formula is C11H15ClN2O2. The van der Waals surface area contributed by atoms with Crippen LogP contribution in [-0.2, 0) is 0 Å². The molecule has 88 valence electrons. The maximum absolute atomic E-state index is 11.9. The molecule has 0 aliphatic carbocycles. The Morgan fingerprint density at radius 1 is 1.62 bits per heavy atom. The summed E-state index contributed by atoms with van der Waals surface area (Å²) in [4.78, 5) is 13.3. The molecule has 1 atom stereocenters. The van der Waals surface area contributed by atoms with E-state index in [9.17, 15) is 9.90 Å². The quantitative estimate of drug-likeness (QED) is 0.787. The summed E-state index contributed by atoms with van der Waals surface area (Å²) in [7, 11) is 1.62. The van der Waals surface area contributed by atoms with Gasteiger partial charge in [-0.05, 0) is 25.1 Å². The first-order valence-electron chi connectivity index (χ1n) is 4.90. The van der Waals surface area contributed by atoms with E-state index in [1.807, 2.05) is 0 Å². The number of hydrogen-bond acceptors (Lipinski definition) is 3. The predicted octanol–water partition coefficient (Wildman–Crippen LogP) is 1.38. The van der Waals surface area contributed by atoms with Crippen molar-refractivity contribution in [3.63, 3.8) is 0 Å². The van der Waals surface area contributed by atoms with Crippen molar-refractivity contribution < 1.29 is 9.90 Å². The largest absolute Gasteiger partial charge is 0.398 e. The van der Waals surface area contributed by atoms with Crippen molar-refractivity contribution in [1.82, 2.24) is 4.90 Å². The Kier molecular flexibility index (Phi) is 4.15. The van der Waals surface area contributed by atoms with E-state index in [0.29, 0.717) is 16.3 Å². The Balaban J connectivity index is 2.84. The van der Waals surface area contributed by atoms with Crippen molar-refractivity contribution in [3.05, 3.63) is 28.8 Å². The fourth-order valence-electron chi connectivity index (χ4n) is 1.38. The van der Waals surface area contributed by atoms with Crippen molar-refractivity contribution in [2.24, 2.45) is 0 Å². The standard InChI is InChI=1S/C11H15ClN2O2/c1-7(15)6-14(2)11(16)8-3-4-9(12)10(13)5-8/h3-5,7,15H,6,13H2,1-2H3. The summed E-state index contributed by atoms with van der Waals surface area (Å²) in [5.41, 5.74) is 6.44. The van der Waals surface area contributed by atoms with E-state index >= 15 is 0 Å². The highest BCUT2D eigenvalue weighted by atomic mass is 35.5. The zero-order chi connectivity index (χ0) is 12.3. The number of rotatable bonds is 3. The van der Waals surface area contributed by atoms with E-state index in [-0.39, 0.29) is 12.5 Å². The lowest BCUT2D eigenvalue weighted by molar-refractivity contribution is 0.0704. The van der Waals surface area contributed by atoms with Crippen LogP contribution in [0.3, 0.4) is 0 Å². The van der Waals surface area contributed by atoms with Crippen molar-refractivity contribution in [3.8, 4) is 0 Å². The van der Waals surface area contributed by atoms with Gasteiger partial charge in [0.1, 0.15) is 0 Å². The number of halogens is 1. The fraction of sp³-hybridized carbons (Fsp3) is 0.364. The number of carbonyl (C=O) groups is 1. The summed E-state index contributed by atoms with van der Waals surface area (Å²) in [5, 5.41) is 9.60. The van der Waals surface area contributed by atoms with Gasteiger partial charge in [-0.1, -0.05) is 11.6 Å². The molecule has 0 bridgehead atoms. The van der Waals surface area contributed by atoms with E-state index in [0.717, 1.165) is 0 Å². The highest BCUT2D eigenvalue weighted by molar-refractivity contribution is 6.33. The van der Waals surface area contributed by atoms with Crippen LogP contribution in [0.15, 0.2) is 18.2 Å². The minimum Gasteiger partial charge on any atom is -0.398 e. The number of nitrogens with zero attached hydrogens (tertiary/aromatic N) is 1. The van der Waals surface area contributed by atoms with Gasteiger partial charge in [0.2, 0.25) is 0 Å². The van der Waals surface area contributed by atoms with Crippen molar-refractivity contribution in [2.75, 3.05) is 19.3 Å². The molecule has 16 heavy (non-hydrogen) atoms. The van der Waals surface area contributed by atoms with Gasteiger partial charge in [-0.2, -0.15) is 0 Å². The molecule has 0 fully saturated rings. The van der Waals surface area contributed by atoms with Crippen LogP contribution >= 0.6 is 11.6 Å². The molecule has 0 aromatic heterocycles. The molecular weight excluding hydrogens is 228 g/mol. The van der Waals surface area contributed by atoms with Gasteiger partial charge in [0, 0.05) is 19.2 Å². The van der Waals surface area contributed by atoms with Crippen LogP contribution in [0.4, 0.5) is 5.69 Å². The molecule has 0 aliphatic rings. The molecule has 0 saturated carbocycles. The highest BCUT2D eigenvalue weighted by Gasteiger charge is 2.14. The van der Waals surface area contributed by atoms with Crippen molar-refractivity contribution in [2.45, 2.75) is 13.0 Å². The molecule has 5 heteroatoms. The average molecular weight is 243 g/mol. The molecule has 1 unspecified atom stereocenters. The Morgan fingerprint density at radius 2 is 2.25 bits per heavy atom. The number of aliphatic hydroxyl groups excluding tert-OH is 1. The Hall–Kier alpha value is -1.26. The summed E-state index contributed by atoms with van der Waals surface area (Å²) in [6, 6.07) is 4.73. The fourth-order valence-corrected chi connectivity index (χ4v) is 1.49. The lowest BCUT2D eigenvalue weighted by atomic mass is 10.1. The molecule has 0 radical (unpaired) electrons. The zero-order valence-corrected chi connectivity index (χ0v) is 10.0. The van der Waals surface area contributed by atoms with Gasteiger partial charge in [-0.3, -0.25) is 4.79 Å². The van der Waals surface area contributed by atoms with E-state index in [4.69, 9.17) is 17.3 Å². The number of nitrogens with two attached hydrogens (primary N) is 1. The molecule has 3 N–H and O–H groups in total. The minimum absolute atomic E-state index is 0.190. The number of hydrogen-bond donors (Lipinski definition) is 2. The molecule has 0 heterocycles. The summed E-state index contributed by atoms with van der Waals surface area (Å²) < 4.78 is 0. The third-order valence-corrected chi connectivity index (χ3v) is 2.47. The topological polar surface area (TPSA) is 66.6 Å². The van der Waals surface area contributed by atoms with Gasteiger partial charge >= 0.3 is 0 Å². The van der Waals surface area contributed by atoms with Crippen LogP contribution in [-0.4, -0.2) is 35.6 Å². The molecule has 0 aliphatic heterocycles. The van der Waals surface area contributed by atoms with Crippen molar-refractivity contribution >= 4 is 23.2 Å². The van der Waals surface area contributed by atoms with E-state index < -0.39 is 6.10 Å². The molecule has 0 spiro atoms. The van der Waals surface area contributed by atoms with Gasteiger partial charge in [-0.15, -0.1) is 0 Å². The summed E-state index contributed by atoms with van der Waals surface area (Å²) in [6.07, 6.45) is -0.557. The Bertz CT molecular complexity index is 394. The van der Waals surface area contributed by atoms with Gasteiger partial charge < -0.3 is 15.7 Å². The van der Waals surface area contributed by atoms with Crippen molar-refractivity contribution in [1.29, 1.82) is 0 Å². The number of amides is 1. The predicted molar refractivity (Wildman–Crippen MR) is 64.5 cm³/mol. The first-order valence-corrected chi connectivity index (χ1v) is 5.28. The number of nitrogen functional groups attached to an aromatic ring is 1. The number of benzene rings is 1. The second-order valence-electron chi connectivity index (χ2n) is 3.77. The third-order valence-electron chi connectivity index (χ3n) is 2.13. The van der Waals surface area contributed by atoms with Gasteiger partial charge in [-0.25, -0.2) is 0 Å². The van der Waals surface area contributed by atoms with Crippen LogP contribution in [0, 0.1) is 0 Å². The monoisotopic (exact) mass is 242 g/mol. The van der Waals surface area contributed by atoms with Crippen LogP contribution in [0.25, 0.3) is 0 Å². The van der Waals surface area contributed by atoms with E-state index in [2.05, 4.69) is 0 Å². The zero-order valence-electron chi connectivity index (χ0n) is 9.27. The minimum atomic E-state index is -0.557. The summed E-state index contributed by atoms with van der Waals surface area (Å²) in [5.74, 6) is -0.190. The molecule has 0 saturated heterocycles. The normalized spacial score (nSPS) is 12.2. The number of aliphatic hydroxyl groups is 1. The molecule has 1 aromatic carbocycles.